The molecule has 6 unspecified atom stereocenters. The molecule has 8 atom stereocenters. The zero-order valence-electron chi connectivity index (χ0n) is 37.8. The average molecular weight is 881 g/mol. The number of aliphatic hydroxyl groups is 5. The van der Waals surface area contributed by atoms with E-state index in [-0.39, 0.29) is 12.8 Å². The third kappa shape index (κ3) is 29.3. The van der Waals surface area contributed by atoms with Gasteiger partial charge in [-0.05, 0) is 12.8 Å². The first-order valence-electron chi connectivity index (χ1n) is 24.3. The number of hydrogen-bond acceptors (Lipinski definition) is 12. The van der Waals surface area contributed by atoms with Gasteiger partial charge in [0.05, 0.1) is 6.61 Å². The van der Waals surface area contributed by atoms with Crippen LogP contribution >= 0.6 is 7.82 Å². The number of aliphatic hydroxyl groups excluding tert-OH is 5. The summed E-state index contributed by atoms with van der Waals surface area (Å²) in [5, 5.41) is 50.1. The summed E-state index contributed by atoms with van der Waals surface area (Å²) in [6.45, 7) is 3.31. The number of hydrogen-bond donors (Lipinski definition) is 6. The molecule has 0 aromatic carbocycles. The number of phosphoric acid groups is 1. The Balaban J connectivity index is 2.34. The van der Waals surface area contributed by atoms with Gasteiger partial charge in [0.2, 0.25) is 0 Å². The summed E-state index contributed by atoms with van der Waals surface area (Å²) in [5.74, 6) is -1.09. The number of unbranched alkanes of at least 4 members (excludes halogenated alkanes) is 29. The topological polar surface area (TPSA) is 210 Å². The molecule has 356 valence electrons. The summed E-state index contributed by atoms with van der Waals surface area (Å²) < 4.78 is 33.5. The number of rotatable bonds is 41. The van der Waals surface area contributed by atoms with E-state index in [1.807, 2.05) is 0 Å². The molecule has 0 amide bonds. The van der Waals surface area contributed by atoms with Crippen LogP contribution in [0.2, 0.25) is 0 Å². The summed E-state index contributed by atoms with van der Waals surface area (Å²) in [6, 6.07) is 0. The van der Waals surface area contributed by atoms with Crippen LogP contribution in [0.15, 0.2) is 0 Å². The van der Waals surface area contributed by atoms with E-state index in [0.29, 0.717) is 12.8 Å². The van der Waals surface area contributed by atoms with Gasteiger partial charge in [-0.15, -0.1) is 0 Å². The monoisotopic (exact) mass is 881 g/mol. The molecule has 1 aliphatic carbocycles. The molecular formula is C46H89O13P. The van der Waals surface area contributed by atoms with Gasteiger partial charge < -0.3 is 39.9 Å². The summed E-state index contributed by atoms with van der Waals surface area (Å²) in [7, 11) is -5.11. The molecule has 1 aliphatic rings. The van der Waals surface area contributed by atoms with Gasteiger partial charge in [-0.1, -0.05) is 200 Å². The Hall–Kier alpha value is -1.15. The molecule has 1 saturated carbocycles. The Morgan fingerprint density at radius 2 is 0.750 bits per heavy atom. The van der Waals surface area contributed by atoms with E-state index >= 15 is 0 Å². The van der Waals surface area contributed by atoms with Crippen LogP contribution in [0.4, 0.5) is 0 Å². The van der Waals surface area contributed by atoms with Gasteiger partial charge in [-0.2, -0.15) is 0 Å². The minimum atomic E-state index is -5.11. The Bertz CT molecular complexity index is 1060. The van der Waals surface area contributed by atoms with Crippen molar-refractivity contribution < 1.29 is 63.1 Å². The number of carbonyl (C=O) groups excluding carboxylic acids is 2. The highest BCUT2D eigenvalue weighted by Crippen LogP contribution is 2.47. The smallest absolute Gasteiger partial charge is 0.462 e. The predicted molar refractivity (Wildman–Crippen MR) is 235 cm³/mol. The van der Waals surface area contributed by atoms with E-state index in [2.05, 4.69) is 13.8 Å². The van der Waals surface area contributed by atoms with Gasteiger partial charge in [-0.25, -0.2) is 4.57 Å². The molecule has 0 aliphatic heterocycles. The van der Waals surface area contributed by atoms with Crippen molar-refractivity contribution in [2.45, 2.75) is 268 Å². The molecule has 6 N–H and O–H groups in total. The minimum absolute atomic E-state index is 0.103. The van der Waals surface area contributed by atoms with Crippen molar-refractivity contribution in [2.24, 2.45) is 0 Å². The Morgan fingerprint density at radius 1 is 0.450 bits per heavy atom. The Labute approximate surface area is 363 Å². The van der Waals surface area contributed by atoms with Gasteiger partial charge in [0.15, 0.2) is 6.10 Å². The van der Waals surface area contributed by atoms with Gasteiger partial charge in [0.1, 0.15) is 43.2 Å². The third-order valence-corrected chi connectivity index (χ3v) is 12.7. The first kappa shape index (κ1) is 56.9. The molecule has 0 radical (unpaired) electrons. The van der Waals surface area contributed by atoms with Crippen molar-refractivity contribution in [3.8, 4) is 0 Å². The second-order valence-corrected chi connectivity index (χ2v) is 18.7. The summed E-state index contributed by atoms with van der Waals surface area (Å²) in [5.41, 5.74) is 0. The third-order valence-electron chi connectivity index (χ3n) is 11.7. The first-order chi connectivity index (χ1) is 28.9. The van der Waals surface area contributed by atoms with Crippen molar-refractivity contribution in [3.63, 3.8) is 0 Å². The standard InChI is InChI=1S/C46H89O13P/c1-3-5-7-9-11-13-15-16-17-18-19-20-21-22-23-24-25-27-28-30-32-34-39(47)56-36-38(58-40(48)35-33-31-29-26-14-12-10-8-6-4-2)37-57-60(54,55)59-46-44(52)42(50)41(49)43(51)45(46)53/h38,41-46,49-53H,3-37H2,1-2H3,(H,54,55)/t38-,41?,42-,43?,44?,45?,46?/m0/s1. The molecule has 0 heterocycles. The van der Waals surface area contributed by atoms with Crippen molar-refractivity contribution >= 4 is 19.8 Å². The van der Waals surface area contributed by atoms with Crippen molar-refractivity contribution in [1.29, 1.82) is 0 Å². The van der Waals surface area contributed by atoms with Crippen molar-refractivity contribution in [2.75, 3.05) is 13.2 Å². The second-order valence-electron chi connectivity index (χ2n) is 17.3. The normalized spacial score (nSPS) is 22.1. The lowest BCUT2D eigenvalue weighted by Crippen LogP contribution is -2.64. The molecule has 1 fully saturated rings. The minimum Gasteiger partial charge on any atom is -0.462 e. The molecule has 0 saturated heterocycles. The molecule has 1 rings (SSSR count). The quantitative estimate of drug-likeness (QED) is 0.0192. The SMILES string of the molecule is CCCCCCCCCCCCCCCCCCCCCCCC(=O)OC[C@@H](COP(=O)(O)OC1C(O)C(O)C(O)[C@H](O)C1O)OC(=O)CCCCCCCCCCCC. The molecule has 0 aromatic rings. The summed E-state index contributed by atoms with van der Waals surface area (Å²) >= 11 is 0. The van der Waals surface area contributed by atoms with Gasteiger partial charge in [-0.3, -0.25) is 18.6 Å². The van der Waals surface area contributed by atoms with Gasteiger partial charge >= 0.3 is 19.8 Å². The molecule has 0 spiro atoms. The molecule has 14 heteroatoms. The van der Waals surface area contributed by atoms with Crippen LogP contribution in [-0.2, 0) is 32.7 Å². The lowest BCUT2D eigenvalue weighted by atomic mass is 9.85. The lowest BCUT2D eigenvalue weighted by Gasteiger charge is -2.41. The fourth-order valence-corrected chi connectivity index (χ4v) is 8.73. The van der Waals surface area contributed by atoms with E-state index in [1.165, 1.54) is 141 Å². The van der Waals surface area contributed by atoms with Crippen LogP contribution in [-0.4, -0.2) is 98.3 Å². The summed E-state index contributed by atoms with van der Waals surface area (Å²) in [6.07, 6.45) is 24.6. The molecule has 0 bridgehead atoms. The van der Waals surface area contributed by atoms with E-state index in [9.17, 15) is 44.6 Å². The molecule has 13 nitrogen and oxygen atoms in total. The maximum atomic E-state index is 12.8. The van der Waals surface area contributed by atoms with Crippen molar-refractivity contribution in [3.05, 3.63) is 0 Å². The largest absolute Gasteiger partial charge is 0.472 e. The zero-order chi connectivity index (χ0) is 44.3. The molecular weight excluding hydrogens is 791 g/mol. The van der Waals surface area contributed by atoms with Crippen LogP contribution in [0, 0.1) is 0 Å². The lowest BCUT2D eigenvalue weighted by molar-refractivity contribution is -0.220. The van der Waals surface area contributed by atoms with Crippen LogP contribution in [0.3, 0.4) is 0 Å². The van der Waals surface area contributed by atoms with Crippen LogP contribution in [0.25, 0.3) is 0 Å². The fraction of sp³-hybridized carbons (Fsp3) is 0.957. The molecule has 60 heavy (non-hydrogen) atoms. The van der Waals surface area contributed by atoms with E-state index < -0.39 is 75.7 Å². The average Bonchev–Trinajstić information content (AvgIpc) is 3.23. The fourth-order valence-electron chi connectivity index (χ4n) is 7.76. The first-order valence-corrected chi connectivity index (χ1v) is 25.8. The highest BCUT2D eigenvalue weighted by atomic mass is 31.2. The van der Waals surface area contributed by atoms with Crippen molar-refractivity contribution in [1.82, 2.24) is 0 Å². The van der Waals surface area contributed by atoms with E-state index in [0.717, 1.165) is 44.9 Å². The maximum absolute atomic E-state index is 12.8. The van der Waals surface area contributed by atoms with Gasteiger partial charge in [0, 0.05) is 12.8 Å². The highest BCUT2D eigenvalue weighted by Gasteiger charge is 2.51. The Morgan fingerprint density at radius 3 is 1.10 bits per heavy atom. The zero-order valence-corrected chi connectivity index (χ0v) is 38.7. The number of carbonyl (C=O) groups is 2. The van der Waals surface area contributed by atoms with Gasteiger partial charge in [0.25, 0.3) is 0 Å². The van der Waals surface area contributed by atoms with Crippen LogP contribution in [0.1, 0.15) is 226 Å². The highest BCUT2D eigenvalue weighted by molar-refractivity contribution is 7.47. The van der Waals surface area contributed by atoms with Crippen LogP contribution in [0.5, 0.6) is 0 Å². The summed E-state index contributed by atoms with van der Waals surface area (Å²) in [4.78, 5) is 35.6. The van der Waals surface area contributed by atoms with E-state index in [4.69, 9.17) is 18.5 Å². The number of phosphoric ester groups is 1. The van der Waals surface area contributed by atoms with Crippen LogP contribution < -0.4 is 0 Å². The second kappa shape index (κ2) is 37.2. The number of ether oxygens (including phenoxy) is 2. The Kier molecular flexibility index (Phi) is 35.3. The number of esters is 2. The predicted octanol–water partition coefficient (Wildman–Crippen LogP) is 9.67. The maximum Gasteiger partial charge on any atom is 0.472 e. The van der Waals surface area contributed by atoms with E-state index in [1.54, 1.807) is 0 Å². The molecule has 0 aromatic heterocycles.